The molecule has 7 heteroatoms. The molecule has 200 valence electrons. The number of nitrogens with zero attached hydrogens (tertiary/aromatic N) is 1. The molecule has 3 aromatic rings. The Morgan fingerprint density at radius 3 is 2.24 bits per heavy atom. The number of aryl methyl sites for hydroxylation is 1. The first kappa shape index (κ1) is 26.3. The zero-order valence-corrected chi connectivity index (χ0v) is 23.1. The first-order valence-corrected chi connectivity index (χ1v) is 14.8. The van der Waals surface area contributed by atoms with Crippen molar-refractivity contribution in [3.05, 3.63) is 83.9 Å². The number of ether oxygens (including phenoxy) is 2. The van der Waals surface area contributed by atoms with E-state index in [1.807, 2.05) is 57.2 Å². The summed E-state index contributed by atoms with van der Waals surface area (Å²) >= 11 is 0. The van der Waals surface area contributed by atoms with Crippen LogP contribution in [0.15, 0.2) is 77.7 Å². The van der Waals surface area contributed by atoms with Crippen molar-refractivity contribution in [1.29, 1.82) is 0 Å². The van der Waals surface area contributed by atoms with Gasteiger partial charge in [0.05, 0.1) is 10.6 Å². The fourth-order valence-electron chi connectivity index (χ4n) is 5.20. The van der Waals surface area contributed by atoms with E-state index in [4.69, 9.17) is 9.47 Å². The van der Waals surface area contributed by atoms with Crippen LogP contribution >= 0.6 is 0 Å². The van der Waals surface area contributed by atoms with Gasteiger partial charge in [0.25, 0.3) is 0 Å². The van der Waals surface area contributed by atoms with Gasteiger partial charge in [-0.1, -0.05) is 48.5 Å². The first-order valence-electron chi connectivity index (χ1n) is 13.2. The summed E-state index contributed by atoms with van der Waals surface area (Å²) in [5.41, 5.74) is 3.33. The van der Waals surface area contributed by atoms with Gasteiger partial charge < -0.3 is 14.4 Å². The van der Waals surface area contributed by atoms with Gasteiger partial charge in [0.1, 0.15) is 17.0 Å². The minimum atomic E-state index is -3.38. The smallest absolute Gasteiger partial charge is 0.410 e. The third-order valence-electron chi connectivity index (χ3n) is 7.31. The molecule has 0 saturated carbocycles. The van der Waals surface area contributed by atoms with Crippen LogP contribution in [-0.4, -0.2) is 43.7 Å². The Morgan fingerprint density at radius 2 is 1.58 bits per heavy atom. The minimum Gasteiger partial charge on any atom is -0.487 e. The highest BCUT2D eigenvalue weighted by Crippen LogP contribution is 2.41. The highest BCUT2D eigenvalue weighted by atomic mass is 32.2. The lowest BCUT2D eigenvalue weighted by Crippen LogP contribution is -2.52. The van der Waals surface area contributed by atoms with Crippen molar-refractivity contribution >= 4 is 15.9 Å². The quantitative estimate of drug-likeness (QED) is 0.387. The van der Waals surface area contributed by atoms with E-state index in [9.17, 15) is 13.2 Å². The maximum atomic E-state index is 12.7. The average Bonchev–Trinajstić information content (AvgIpc) is 2.89. The van der Waals surface area contributed by atoms with E-state index in [-0.39, 0.29) is 17.4 Å². The zero-order valence-electron chi connectivity index (χ0n) is 22.3. The standard InChI is InChI=1S/C31H35NO5S/c1-30(2,3)37-29(33)32-19-17-31(18-20-32)16-15-26-21-25(13-14-28(26)36-31)24-11-9-23(10-12-24)22-38(34,35)27-7-5-4-6-8-27/h4-14,21H,15-20,22H2,1-3H3. The van der Waals surface area contributed by atoms with Crippen LogP contribution < -0.4 is 4.74 Å². The topological polar surface area (TPSA) is 72.9 Å². The van der Waals surface area contributed by atoms with E-state index in [2.05, 4.69) is 12.1 Å². The average molecular weight is 534 g/mol. The van der Waals surface area contributed by atoms with Crippen LogP contribution in [0, 0.1) is 0 Å². The van der Waals surface area contributed by atoms with Crippen LogP contribution in [0.4, 0.5) is 4.79 Å². The summed E-state index contributed by atoms with van der Waals surface area (Å²) in [6.07, 6.45) is 3.17. The Labute approximate surface area is 225 Å². The van der Waals surface area contributed by atoms with E-state index in [1.165, 1.54) is 5.56 Å². The lowest BCUT2D eigenvalue weighted by molar-refractivity contribution is -0.0272. The highest BCUT2D eigenvalue weighted by molar-refractivity contribution is 7.90. The van der Waals surface area contributed by atoms with Crippen LogP contribution in [0.2, 0.25) is 0 Å². The van der Waals surface area contributed by atoms with Gasteiger partial charge in [-0.15, -0.1) is 0 Å². The van der Waals surface area contributed by atoms with Gasteiger partial charge in [-0.2, -0.15) is 0 Å². The summed E-state index contributed by atoms with van der Waals surface area (Å²) < 4.78 is 37.5. The van der Waals surface area contributed by atoms with E-state index in [1.54, 1.807) is 29.2 Å². The molecule has 0 aromatic heterocycles. The third kappa shape index (κ3) is 5.88. The third-order valence-corrected chi connectivity index (χ3v) is 9.01. The molecule has 1 spiro atoms. The Bertz CT molecular complexity index is 1400. The Hall–Kier alpha value is -3.32. The fraction of sp³-hybridized carbons (Fsp3) is 0.387. The van der Waals surface area contributed by atoms with E-state index < -0.39 is 15.4 Å². The second-order valence-corrected chi connectivity index (χ2v) is 13.3. The molecule has 0 unspecified atom stereocenters. The molecule has 5 rings (SSSR count). The van der Waals surface area contributed by atoms with Gasteiger partial charge in [-0.3, -0.25) is 0 Å². The zero-order chi connectivity index (χ0) is 27.0. The van der Waals surface area contributed by atoms with Gasteiger partial charge in [-0.05, 0) is 80.1 Å². The number of amides is 1. The minimum absolute atomic E-state index is 0.0250. The van der Waals surface area contributed by atoms with Gasteiger partial charge in [-0.25, -0.2) is 13.2 Å². The number of hydrogen-bond acceptors (Lipinski definition) is 5. The summed E-state index contributed by atoms with van der Waals surface area (Å²) in [6.45, 7) is 6.92. The number of carbonyl (C=O) groups excluding carboxylic acids is 1. The summed E-state index contributed by atoms with van der Waals surface area (Å²) in [4.78, 5) is 14.6. The van der Waals surface area contributed by atoms with Crippen LogP contribution in [-0.2, 0) is 26.7 Å². The molecule has 0 N–H and O–H groups in total. The molecule has 1 saturated heterocycles. The number of hydrogen-bond donors (Lipinski definition) is 0. The predicted molar refractivity (Wildman–Crippen MR) is 148 cm³/mol. The number of sulfone groups is 1. The lowest BCUT2D eigenvalue weighted by Gasteiger charge is -2.44. The fourth-order valence-corrected chi connectivity index (χ4v) is 6.57. The van der Waals surface area contributed by atoms with Crippen LogP contribution in [0.3, 0.4) is 0 Å². The van der Waals surface area contributed by atoms with E-state index in [0.717, 1.165) is 48.1 Å². The Kier molecular flexibility index (Phi) is 6.99. The molecule has 2 aliphatic rings. The summed E-state index contributed by atoms with van der Waals surface area (Å²) in [5, 5.41) is 0. The van der Waals surface area contributed by atoms with Crippen LogP contribution in [0.1, 0.15) is 51.2 Å². The molecule has 6 nitrogen and oxygen atoms in total. The molecule has 0 radical (unpaired) electrons. The molecule has 38 heavy (non-hydrogen) atoms. The van der Waals surface area contributed by atoms with Crippen molar-refractivity contribution in [2.24, 2.45) is 0 Å². The number of benzene rings is 3. The van der Waals surface area contributed by atoms with Crippen molar-refractivity contribution in [2.75, 3.05) is 13.1 Å². The number of likely N-dealkylation sites (tertiary alicyclic amines) is 1. The Morgan fingerprint density at radius 1 is 0.921 bits per heavy atom. The summed E-state index contributed by atoms with van der Waals surface area (Å²) in [5.74, 6) is 0.888. The van der Waals surface area contributed by atoms with E-state index >= 15 is 0 Å². The largest absolute Gasteiger partial charge is 0.487 e. The van der Waals surface area contributed by atoms with Crippen molar-refractivity contribution < 1.29 is 22.7 Å². The molecule has 0 aliphatic carbocycles. The molecule has 0 bridgehead atoms. The number of rotatable bonds is 4. The molecule has 0 atom stereocenters. The monoisotopic (exact) mass is 533 g/mol. The summed E-state index contributed by atoms with van der Waals surface area (Å²) in [7, 11) is -3.38. The van der Waals surface area contributed by atoms with Crippen molar-refractivity contribution in [2.45, 2.75) is 68.3 Å². The molecular weight excluding hydrogens is 498 g/mol. The number of fused-ring (bicyclic) bond motifs is 1. The molecule has 1 fully saturated rings. The number of carbonyl (C=O) groups is 1. The van der Waals surface area contributed by atoms with Crippen molar-refractivity contribution in [1.82, 2.24) is 4.90 Å². The van der Waals surface area contributed by atoms with Crippen molar-refractivity contribution in [3.8, 4) is 16.9 Å². The van der Waals surface area contributed by atoms with Gasteiger partial charge in [0.15, 0.2) is 9.84 Å². The molecule has 2 aliphatic heterocycles. The summed E-state index contributed by atoms with van der Waals surface area (Å²) in [6, 6.07) is 22.6. The normalized spacial score (nSPS) is 17.0. The number of piperidine rings is 1. The predicted octanol–water partition coefficient (Wildman–Crippen LogP) is 6.42. The van der Waals surface area contributed by atoms with Gasteiger partial charge >= 0.3 is 6.09 Å². The van der Waals surface area contributed by atoms with Gasteiger partial charge in [0.2, 0.25) is 0 Å². The first-order chi connectivity index (χ1) is 18.0. The van der Waals surface area contributed by atoms with Crippen LogP contribution in [0.5, 0.6) is 5.75 Å². The lowest BCUT2D eigenvalue weighted by atomic mass is 9.82. The molecule has 2 heterocycles. The van der Waals surface area contributed by atoms with E-state index in [0.29, 0.717) is 18.0 Å². The highest BCUT2D eigenvalue weighted by Gasteiger charge is 2.41. The Balaban J connectivity index is 1.23. The van der Waals surface area contributed by atoms with Crippen molar-refractivity contribution in [3.63, 3.8) is 0 Å². The second kappa shape index (κ2) is 10.1. The van der Waals surface area contributed by atoms with Gasteiger partial charge in [0, 0.05) is 25.9 Å². The SMILES string of the molecule is CC(C)(C)OC(=O)N1CCC2(CCc3cc(-c4ccc(CS(=O)(=O)c5ccccc5)cc4)ccc3O2)CC1. The second-order valence-electron chi connectivity index (χ2n) is 11.3. The molecule has 1 amide bonds. The molecular formula is C31H35NO5S. The maximum absolute atomic E-state index is 12.7. The maximum Gasteiger partial charge on any atom is 0.410 e. The molecule has 3 aromatic carbocycles. The van der Waals surface area contributed by atoms with Crippen LogP contribution in [0.25, 0.3) is 11.1 Å².